The first-order valence-corrected chi connectivity index (χ1v) is 10.7. The van der Waals surface area contributed by atoms with Crippen LogP contribution in [-0.2, 0) is 0 Å². The minimum atomic E-state index is -0.168. The first-order valence-electron chi connectivity index (χ1n) is 8.65. The fraction of sp³-hybridized carbons (Fsp3) is 0. The van der Waals surface area contributed by atoms with Gasteiger partial charge in [0.1, 0.15) is 10.7 Å². The van der Waals surface area contributed by atoms with E-state index in [4.69, 9.17) is 11.6 Å². The molecule has 2 heterocycles. The first-order chi connectivity index (χ1) is 14.2. The molecule has 8 heteroatoms. The van der Waals surface area contributed by atoms with E-state index in [1.165, 1.54) is 22.7 Å². The normalized spacial score (nSPS) is 10.9. The summed E-state index contributed by atoms with van der Waals surface area (Å²) in [5.74, 6) is -0.168. The van der Waals surface area contributed by atoms with Crippen LogP contribution in [0.4, 0.5) is 10.1 Å². The molecule has 0 saturated carbocycles. The maximum Gasteiger partial charge on any atom is 0.266 e. The van der Waals surface area contributed by atoms with Gasteiger partial charge in [0.15, 0.2) is 0 Å². The predicted molar refractivity (Wildman–Crippen MR) is 122 cm³/mol. The number of anilines is 2. The van der Waals surface area contributed by atoms with Crippen molar-refractivity contribution >= 4 is 56.5 Å². The number of carbonyl (C=O) groups is 1. The Hall–Kier alpha value is -3.00. The lowest BCUT2D eigenvalue weighted by atomic mass is 10.1. The number of aromatic nitrogens is 1. The largest absolute Gasteiger partial charge is 0.311 e. The molecule has 2 aromatic carbocycles. The molecule has 0 aliphatic rings. The molecule has 0 radical (unpaired) electrons. The number of amides is 1. The first kappa shape index (κ1) is 19.3. The van der Waals surface area contributed by atoms with E-state index < -0.39 is 0 Å². The maximum absolute atomic E-state index is 12.5. The summed E-state index contributed by atoms with van der Waals surface area (Å²) in [5.41, 5.74) is 5.43. The van der Waals surface area contributed by atoms with Crippen LogP contribution in [0.3, 0.4) is 0 Å². The van der Waals surface area contributed by atoms with E-state index in [-0.39, 0.29) is 5.91 Å². The van der Waals surface area contributed by atoms with Crippen molar-refractivity contribution in [2.45, 2.75) is 0 Å². The second-order valence-electron chi connectivity index (χ2n) is 5.92. The molecule has 0 unspecified atom stereocenters. The average Bonchev–Trinajstić information content (AvgIpc) is 3.40. The third kappa shape index (κ3) is 4.89. The van der Waals surface area contributed by atoms with Crippen LogP contribution in [0.15, 0.2) is 77.2 Å². The van der Waals surface area contributed by atoms with Crippen molar-refractivity contribution in [3.05, 3.63) is 87.6 Å². The van der Waals surface area contributed by atoms with Gasteiger partial charge in [-0.15, -0.1) is 11.3 Å². The Morgan fingerprint density at radius 3 is 2.55 bits per heavy atom. The van der Waals surface area contributed by atoms with E-state index in [9.17, 15) is 4.79 Å². The van der Waals surface area contributed by atoms with Gasteiger partial charge in [-0.3, -0.25) is 10.2 Å². The molecule has 0 spiro atoms. The Balaban J connectivity index is 1.60. The molecule has 0 aliphatic carbocycles. The number of nitrogens with zero attached hydrogens (tertiary/aromatic N) is 2. The predicted octanol–water partition coefficient (Wildman–Crippen LogP) is 6.22. The number of nitrogens with one attached hydrogen (secondary N) is 2. The molecule has 0 bridgehead atoms. The van der Waals surface area contributed by atoms with Crippen LogP contribution in [0.5, 0.6) is 0 Å². The summed E-state index contributed by atoms with van der Waals surface area (Å²) in [5, 5.41) is 10.9. The van der Waals surface area contributed by atoms with Crippen LogP contribution in [-0.4, -0.2) is 17.1 Å². The molecule has 0 atom stereocenters. The van der Waals surface area contributed by atoms with Crippen LogP contribution in [0.25, 0.3) is 11.3 Å². The zero-order chi connectivity index (χ0) is 20.1. The standard InChI is InChI=1S/C21H15ClN4OS2/c22-16-10-8-15(9-11-16)18-20(25-19(27)17-7-4-12-28-17)29-21(24-18)26-23-13-14-5-2-1-3-6-14/h1-13H,(H,24,26)(H,25,27)/b23-13-. The lowest BCUT2D eigenvalue weighted by Crippen LogP contribution is -2.09. The number of thiazole rings is 1. The highest BCUT2D eigenvalue weighted by Crippen LogP contribution is 2.36. The van der Waals surface area contributed by atoms with Gasteiger partial charge in [-0.2, -0.15) is 5.10 Å². The van der Waals surface area contributed by atoms with Crippen LogP contribution in [0.2, 0.25) is 5.02 Å². The van der Waals surface area contributed by atoms with Crippen molar-refractivity contribution in [1.29, 1.82) is 0 Å². The molecule has 4 aromatic rings. The molecule has 2 N–H and O–H groups in total. The Labute approximate surface area is 180 Å². The Bertz CT molecular complexity index is 1120. The van der Waals surface area contributed by atoms with E-state index in [0.717, 1.165) is 11.1 Å². The fourth-order valence-corrected chi connectivity index (χ4v) is 4.11. The zero-order valence-electron chi connectivity index (χ0n) is 15.0. The van der Waals surface area contributed by atoms with Crippen LogP contribution < -0.4 is 10.7 Å². The molecule has 1 amide bonds. The van der Waals surface area contributed by atoms with Crippen molar-refractivity contribution in [1.82, 2.24) is 4.98 Å². The van der Waals surface area contributed by atoms with Crippen molar-refractivity contribution in [2.75, 3.05) is 10.7 Å². The molecular formula is C21H15ClN4OS2. The van der Waals surface area contributed by atoms with E-state index in [0.29, 0.717) is 25.7 Å². The lowest BCUT2D eigenvalue weighted by Gasteiger charge is -2.04. The molecular weight excluding hydrogens is 424 g/mol. The molecule has 0 fully saturated rings. The van der Waals surface area contributed by atoms with Gasteiger partial charge in [-0.25, -0.2) is 4.98 Å². The van der Waals surface area contributed by atoms with Crippen LogP contribution in [0.1, 0.15) is 15.2 Å². The molecule has 4 rings (SSSR count). The maximum atomic E-state index is 12.5. The SMILES string of the molecule is O=C(Nc1sc(N/N=C\c2ccccc2)nc1-c1ccc(Cl)cc1)c1cccs1. The minimum absolute atomic E-state index is 0.168. The Morgan fingerprint density at radius 2 is 1.83 bits per heavy atom. The minimum Gasteiger partial charge on any atom is -0.311 e. The van der Waals surface area contributed by atoms with Gasteiger partial charge in [0.25, 0.3) is 5.91 Å². The number of hydrazone groups is 1. The molecule has 0 aliphatic heterocycles. The van der Waals surface area contributed by atoms with Crippen LogP contribution in [0, 0.1) is 0 Å². The van der Waals surface area contributed by atoms with E-state index in [2.05, 4.69) is 20.8 Å². The number of thiophene rings is 1. The molecule has 0 saturated heterocycles. The summed E-state index contributed by atoms with van der Waals surface area (Å²) in [4.78, 5) is 17.8. The van der Waals surface area contributed by atoms with E-state index in [1.54, 1.807) is 24.4 Å². The second-order valence-corrected chi connectivity index (χ2v) is 8.30. The van der Waals surface area contributed by atoms with E-state index in [1.807, 2.05) is 53.9 Å². The fourth-order valence-electron chi connectivity index (χ4n) is 2.53. The third-order valence-electron chi connectivity index (χ3n) is 3.89. The van der Waals surface area contributed by atoms with Crippen molar-refractivity contribution < 1.29 is 4.79 Å². The monoisotopic (exact) mass is 438 g/mol. The van der Waals surface area contributed by atoms with Gasteiger partial charge in [-0.1, -0.05) is 71.5 Å². The number of hydrogen-bond donors (Lipinski definition) is 2. The highest BCUT2D eigenvalue weighted by Gasteiger charge is 2.17. The van der Waals surface area contributed by atoms with E-state index >= 15 is 0 Å². The Kier molecular flexibility index (Phi) is 6.00. The summed E-state index contributed by atoms with van der Waals surface area (Å²) in [7, 11) is 0. The van der Waals surface area contributed by atoms with Crippen LogP contribution >= 0.6 is 34.3 Å². The molecule has 2 aromatic heterocycles. The number of rotatable bonds is 6. The van der Waals surface area contributed by atoms with Gasteiger partial charge in [0, 0.05) is 10.6 Å². The highest BCUT2D eigenvalue weighted by molar-refractivity contribution is 7.20. The topological polar surface area (TPSA) is 66.4 Å². The summed E-state index contributed by atoms with van der Waals surface area (Å²) < 4.78 is 0. The number of carbonyl (C=O) groups excluding carboxylic acids is 1. The molecule has 144 valence electrons. The molecule has 29 heavy (non-hydrogen) atoms. The lowest BCUT2D eigenvalue weighted by molar-refractivity contribution is 0.103. The summed E-state index contributed by atoms with van der Waals surface area (Å²) in [6.45, 7) is 0. The van der Waals surface area contributed by atoms with Gasteiger partial charge in [-0.05, 0) is 29.1 Å². The zero-order valence-corrected chi connectivity index (χ0v) is 17.4. The van der Waals surface area contributed by atoms with Gasteiger partial charge in [0.2, 0.25) is 5.13 Å². The summed E-state index contributed by atoms with van der Waals surface area (Å²) in [6.07, 6.45) is 1.72. The highest BCUT2D eigenvalue weighted by atomic mass is 35.5. The van der Waals surface area contributed by atoms with Crippen molar-refractivity contribution in [2.24, 2.45) is 5.10 Å². The third-order valence-corrected chi connectivity index (χ3v) is 5.89. The number of benzene rings is 2. The summed E-state index contributed by atoms with van der Waals surface area (Å²) in [6, 6.07) is 20.7. The quantitative estimate of drug-likeness (QED) is 0.277. The summed E-state index contributed by atoms with van der Waals surface area (Å²) >= 11 is 8.72. The van der Waals surface area contributed by atoms with Gasteiger partial charge >= 0.3 is 0 Å². The number of hydrogen-bond acceptors (Lipinski definition) is 6. The van der Waals surface area contributed by atoms with Crippen molar-refractivity contribution in [3.8, 4) is 11.3 Å². The van der Waals surface area contributed by atoms with Crippen molar-refractivity contribution in [3.63, 3.8) is 0 Å². The van der Waals surface area contributed by atoms with Gasteiger partial charge < -0.3 is 5.32 Å². The molecule has 5 nitrogen and oxygen atoms in total. The Morgan fingerprint density at radius 1 is 1.03 bits per heavy atom. The number of halogens is 1. The second kappa shape index (κ2) is 9.00. The smallest absolute Gasteiger partial charge is 0.266 e. The van der Waals surface area contributed by atoms with Gasteiger partial charge in [0.05, 0.1) is 11.1 Å². The average molecular weight is 439 g/mol.